The second-order valence-corrected chi connectivity index (χ2v) is 5.27. The fourth-order valence-electron chi connectivity index (χ4n) is 2.44. The maximum absolute atomic E-state index is 12.5. The molecule has 0 aliphatic carbocycles. The van der Waals surface area contributed by atoms with Crippen LogP contribution >= 0.6 is 11.7 Å². The van der Waals surface area contributed by atoms with Crippen molar-refractivity contribution in [2.24, 2.45) is 0 Å². The van der Waals surface area contributed by atoms with Gasteiger partial charge in [0.05, 0.1) is 24.0 Å². The van der Waals surface area contributed by atoms with Crippen molar-refractivity contribution in [3.63, 3.8) is 0 Å². The zero-order chi connectivity index (χ0) is 13.5. The van der Waals surface area contributed by atoms with E-state index in [0.29, 0.717) is 18.7 Å². The van der Waals surface area contributed by atoms with E-state index < -0.39 is 0 Å². The van der Waals surface area contributed by atoms with Crippen molar-refractivity contribution in [2.75, 3.05) is 0 Å². The normalized spacial score (nSPS) is 13.7. The number of hydrogen-bond acceptors (Lipinski definition) is 5. The van der Waals surface area contributed by atoms with Crippen LogP contribution in [0.5, 0.6) is 0 Å². The van der Waals surface area contributed by atoms with E-state index in [-0.39, 0.29) is 5.91 Å². The van der Waals surface area contributed by atoms with E-state index in [0.717, 1.165) is 34.0 Å². The molecule has 0 unspecified atom stereocenters. The Bertz CT molecular complexity index is 789. The summed E-state index contributed by atoms with van der Waals surface area (Å²) in [5.41, 5.74) is 4.36. The molecular formula is C14H10N4OS. The molecule has 98 valence electrons. The predicted octanol–water partition coefficient (Wildman–Crippen LogP) is 2.24. The van der Waals surface area contributed by atoms with Crippen LogP contribution in [-0.4, -0.2) is 24.5 Å². The lowest BCUT2D eigenvalue weighted by Crippen LogP contribution is -2.25. The number of pyridine rings is 1. The largest absolute Gasteiger partial charge is 0.328 e. The Kier molecular flexibility index (Phi) is 2.50. The summed E-state index contributed by atoms with van der Waals surface area (Å²) in [5.74, 6) is 0.0119. The minimum atomic E-state index is 0.0119. The van der Waals surface area contributed by atoms with E-state index in [9.17, 15) is 4.79 Å². The average molecular weight is 282 g/mol. The molecule has 0 saturated carbocycles. The predicted molar refractivity (Wildman–Crippen MR) is 75.2 cm³/mol. The maximum atomic E-state index is 12.5. The van der Waals surface area contributed by atoms with E-state index in [1.165, 1.54) is 0 Å². The third-order valence-corrected chi connectivity index (χ3v) is 4.03. The van der Waals surface area contributed by atoms with Crippen molar-refractivity contribution in [1.29, 1.82) is 0 Å². The molecule has 0 atom stereocenters. The molecule has 3 heterocycles. The minimum absolute atomic E-state index is 0.0119. The van der Waals surface area contributed by atoms with Gasteiger partial charge in [-0.15, -0.1) is 0 Å². The van der Waals surface area contributed by atoms with Crippen molar-refractivity contribution in [1.82, 2.24) is 18.6 Å². The molecule has 0 bridgehead atoms. The fourth-order valence-corrected chi connectivity index (χ4v) is 2.96. The second kappa shape index (κ2) is 4.35. The van der Waals surface area contributed by atoms with E-state index in [1.54, 1.807) is 17.2 Å². The Labute approximate surface area is 119 Å². The molecule has 0 radical (unpaired) electrons. The van der Waals surface area contributed by atoms with Gasteiger partial charge in [0.25, 0.3) is 5.91 Å². The molecule has 0 saturated heterocycles. The molecule has 1 amide bonds. The molecule has 20 heavy (non-hydrogen) atoms. The summed E-state index contributed by atoms with van der Waals surface area (Å²) in [5, 5.41) is 0. The SMILES string of the molecule is O=C(c1ccc2nsnc2c1)N1Cc2cccnc2C1. The van der Waals surface area contributed by atoms with Crippen LogP contribution in [0.3, 0.4) is 0 Å². The summed E-state index contributed by atoms with van der Waals surface area (Å²) in [7, 11) is 0. The van der Waals surface area contributed by atoms with Crippen LogP contribution in [0.2, 0.25) is 0 Å². The molecule has 5 nitrogen and oxygen atoms in total. The Hall–Kier alpha value is -2.34. The lowest BCUT2D eigenvalue weighted by molar-refractivity contribution is 0.0750. The van der Waals surface area contributed by atoms with E-state index in [1.807, 2.05) is 24.3 Å². The van der Waals surface area contributed by atoms with Crippen LogP contribution in [0.1, 0.15) is 21.6 Å². The van der Waals surface area contributed by atoms with Crippen LogP contribution in [-0.2, 0) is 13.1 Å². The molecule has 0 spiro atoms. The van der Waals surface area contributed by atoms with Gasteiger partial charge in [-0.05, 0) is 29.8 Å². The number of fused-ring (bicyclic) bond motifs is 2. The van der Waals surface area contributed by atoms with Crippen molar-refractivity contribution in [3.05, 3.63) is 53.3 Å². The highest BCUT2D eigenvalue weighted by molar-refractivity contribution is 7.00. The van der Waals surface area contributed by atoms with Gasteiger partial charge in [-0.1, -0.05) is 6.07 Å². The summed E-state index contributed by atoms with van der Waals surface area (Å²) in [6.07, 6.45) is 1.76. The highest BCUT2D eigenvalue weighted by Crippen LogP contribution is 2.23. The first-order valence-corrected chi connectivity index (χ1v) is 6.99. The van der Waals surface area contributed by atoms with Crippen molar-refractivity contribution in [2.45, 2.75) is 13.1 Å². The van der Waals surface area contributed by atoms with Crippen LogP contribution in [0.15, 0.2) is 36.5 Å². The monoisotopic (exact) mass is 282 g/mol. The number of hydrogen-bond donors (Lipinski definition) is 0. The Morgan fingerprint density at radius 3 is 2.95 bits per heavy atom. The molecule has 6 heteroatoms. The molecule has 2 aromatic heterocycles. The number of amides is 1. The standard InChI is InChI=1S/C14H10N4OS/c19-14(9-3-4-11-12(6-9)17-20-16-11)18-7-10-2-1-5-15-13(10)8-18/h1-6H,7-8H2. The van der Waals surface area contributed by atoms with Crippen LogP contribution < -0.4 is 0 Å². The van der Waals surface area contributed by atoms with E-state index in [4.69, 9.17) is 0 Å². The Balaban J connectivity index is 1.65. The number of nitrogens with zero attached hydrogens (tertiary/aromatic N) is 4. The lowest BCUT2D eigenvalue weighted by Gasteiger charge is -2.14. The first-order valence-electron chi connectivity index (χ1n) is 6.25. The third kappa shape index (κ3) is 1.77. The number of rotatable bonds is 1. The van der Waals surface area contributed by atoms with Gasteiger partial charge in [0.15, 0.2) is 0 Å². The smallest absolute Gasteiger partial charge is 0.254 e. The van der Waals surface area contributed by atoms with E-state index in [2.05, 4.69) is 13.7 Å². The van der Waals surface area contributed by atoms with E-state index >= 15 is 0 Å². The summed E-state index contributed by atoms with van der Waals surface area (Å²) < 4.78 is 8.32. The fraction of sp³-hybridized carbons (Fsp3) is 0.143. The number of carbonyl (C=O) groups excluding carboxylic acids is 1. The van der Waals surface area contributed by atoms with Gasteiger partial charge in [-0.2, -0.15) is 8.75 Å². The molecular weight excluding hydrogens is 272 g/mol. The summed E-state index contributed by atoms with van der Waals surface area (Å²) in [4.78, 5) is 18.7. The van der Waals surface area contributed by atoms with Crippen LogP contribution in [0.4, 0.5) is 0 Å². The molecule has 0 fully saturated rings. The molecule has 1 aliphatic rings. The highest BCUT2D eigenvalue weighted by atomic mass is 32.1. The zero-order valence-electron chi connectivity index (χ0n) is 10.5. The lowest BCUT2D eigenvalue weighted by atomic mass is 10.2. The molecule has 1 aliphatic heterocycles. The Morgan fingerprint density at radius 2 is 2.05 bits per heavy atom. The van der Waals surface area contributed by atoms with Gasteiger partial charge in [0.1, 0.15) is 11.0 Å². The van der Waals surface area contributed by atoms with Crippen molar-refractivity contribution in [3.8, 4) is 0 Å². The highest BCUT2D eigenvalue weighted by Gasteiger charge is 2.25. The molecule has 0 N–H and O–H groups in total. The summed E-state index contributed by atoms with van der Waals surface area (Å²) in [6.45, 7) is 1.19. The first kappa shape index (κ1) is 11.5. The van der Waals surface area contributed by atoms with Crippen molar-refractivity contribution < 1.29 is 4.79 Å². The van der Waals surface area contributed by atoms with Gasteiger partial charge >= 0.3 is 0 Å². The number of benzene rings is 1. The third-order valence-electron chi connectivity index (χ3n) is 3.47. The molecule has 1 aromatic carbocycles. The Morgan fingerprint density at radius 1 is 1.15 bits per heavy atom. The average Bonchev–Trinajstić information content (AvgIpc) is 3.11. The zero-order valence-corrected chi connectivity index (χ0v) is 11.3. The van der Waals surface area contributed by atoms with Gasteiger partial charge in [0, 0.05) is 18.3 Å². The van der Waals surface area contributed by atoms with Gasteiger partial charge < -0.3 is 4.90 Å². The van der Waals surface area contributed by atoms with Gasteiger partial charge in [-0.3, -0.25) is 9.78 Å². The number of aromatic nitrogens is 3. The number of carbonyl (C=O) groups is 1. The second-order valence-electron chi connectivity index (χ2n) is 4.74. The molecule has 3 aromatic rings. The minimum Gasteiger partial charge on any atom is -0.328 e. The van der Waals surface area contributed by atoms with Gasteiger partial charge in [0.2, 0.25) is 0 Å². The van der Waals surface area contributed by atoms with Crippen LogP contribution in [0, 0.1) is 0 Å². The topological polar surface area (TPSA) is 59.0 Å². The first-order chi connectivity index (χ1) is 9.81. The van der Waals surface area contributed by atoms with Gasteiger partial charge in [-0.25, -0.2) is 0 Å². The van der Waals surface area contributed by atoms with Crippen LogP contribution in [0.25, 0.3) is 11.0 Å². The quantitative estimate of drug-likeness (QED) is 0.687. The maximum Gasteiger partial charge on any atom is 0.254 e. The summed E-state index contributed by atoms with van der Waals surface area (Å²) in [6, 6.07) is 9.37. The summed E-state index contributed by atoms with van der Waals surface area (Å²) >= 11 is 1.16. The van der Waals surface area contributed by atoms with Crippen molar-refractivity contribution >= 4 is 28.7 Å². The molecule has 4 rings (SSSR count).